The lowest BCUT2D eigenvalue weighted by Crippen LogP contribution is -2.45. The SMILES string of the molecule is C[C@H]1[C@@H](NC(=S)Nc2ccccc2F)CCC[C@@H]1C. The average Bonchev–Trinajstić information content (AvgIpc) is 2.38. The van der Waals surface area contributed by atoms with Crippen molar-refractivity contribution in [2.45, 2.75) is 39.2 Å². The van der Waals surface area contributed by atoms with Gasteiger partial charge in [-0.05, 0) is 42.6 Å². The van der Waals surface area contributed by atoms with Crippen molar-refractivity contribution in [1.82, 2.24) is 5.32 Å². The van der Waals surface area contributed by atoms with Crippen LogP contribution in [0.5, 0.6) is 0 Å². The number of nitrogens with one attached hydrogen (secondary N) is 2. The zero-order valence-corrected chi connectivity index (χ0v) is 12.3. The first kappa shape index (κ1) is 14.3. The molecule has 19 heavy (non-hydrogen) atoms. The summed E-state index contributed by atoms with van der Waals surface area (Å²) in [6, 6.07) is 6.96. The van der Waals surface area contributed by atoms with Crippen molar-refractivity contribution >= 4 is 23.0 Å². The first-order valence-corrected chi connectivity index (χ1v) is 7.31. The van der Waals surface area contributed by atoms with E-state index in [0.717, 1.165) is 6.42 Å². The van der Waals surface area contributed by atoms with E-state index in [1.807, 2.05) is 0 Å². The largest absolute Gasteiger partial charge is 0.359 e. The minimum absolute atomic E-state index is 0.281. The van der Waals surface area contributed by atoms with Gasteiger partial charge in [0.1, 0.15) is 5.82 Å². The maximum Gasteiger partial charge on any atom is 0.171 e. The highest BCUT2D eigenvalue weighted by molar-refractivity contribution is 7.80. The Morgan fingerprint density at radius 3 is 2.74 bits per heavy atom. The van der Waals surface area contributed by atoms with Gasteiger partial charge >= 0.3 is 0 Å². The van der Waals surface area contributed by atoms with Gasteiger partial charge in [0.15, 0.2) is 5.11 Å². The van der Waals surface area contributed by atoms with E-state index >= 15 is 0 Å². The van der Waals surface area contributed by atoms with Gasteiger partial charge in [-0.25, -0.2) is 4.39 Å². The molecule has 1 aromatic carbocycles. The van der Waals surface area contributed by atoms with Gasteiger partial charge in [0.2, 0.25) is 0 Å². The maximum atomic E-state index is 13.5. The Kier molecular flexibility index (Phi) is 4.75. The predicted octanol–water partition coefficient (Wildman–Crippen LogP) is 3.94. The van der Waals surface area contributed by atoms with Crippen LogP contribution in [0.4, 0.5) is 10.1 Å². The zero-order valence-electron chi connectivity index (χ0n) is 11.4. The molecule has 4 heteroatoms. The molecule has 1 fully saturated rings. The standard InChI is InChI=1S/C15H21FN2S/c1-10-6-5-9-13(11(10)2)17-15(19)18-14-8-4-3-7-12(14)16/h3-4,7-8,10-11,13H,5-6,9H2,1-2H3,(H2,17,18,19)/t10-,11+,13-/m0/s1. The second-order valence-electron chi connectivity index (χ2n) is 5.45. The van der Waals surface area contributed by atoms with Crippen LogP contribution in [0.25, 0.3) is 0 Å². The summed E-state index contributed by atoms with van der Waals surface area (Å²) in [5, 5.41) is 6.78. The van der Waals surface area contributed by atoms with Crippen molar-refractivity contribution in [2.24, 2.45) is 11.8 Å². The molecule has 0 amide bonds. The van der Waals surface area contributed by atoms with E-state index in [1.165, 1.54) is 18.9 Å². The first-order valence-electron chi connectivity index (χ1n) is 6.90. The first-order chi connectivity index (χ1) is 9.08. The third-order valence-corrected chi connectivity index (χ3v) is 4.37. The van der Waals surface area contributed by atoms with E-state index in [2.05, 4.69) is 24.5 Å². The summed E-state index contributed by atoms with van der Waals surface area (Å²) in [4.78, 5) is 0. The van der Waals surface area contributed by atoms with Gasteiger partial charge in [0.25, 0.3) is 0 Å². The maximum absolute atomic E-state index is 13.5. The lowest BCUT2D eigenvalue weighted by atomic mass is 9.78. The van der Waals surface area contributed by atoms with Crippen LogP contribution in [0, 0.1) is 17.7 Å². The molecule has 0 aliphatic heterocycles. The van der Waals surface area contributed by atoms with Gasteiger partial charge in [0, 0.05) is 6.04 Å². The third-order valence-electron chi connectivity index (χ3n) is 4.15. The smallest absolute Gasteiger partial charge is 0.171 e. The molecule has 0 bridgehead atoms. The van der Waals surface area contributed by atoms with Crippen molar-refractivity contribution in [3.63, 3.8) is 0 Å². The summed E-state index contributed by atoms with van der Waals surface area (Å²) in [5.74, 6) is 1.02. The van der Waals surface area contributed by atoms with Crippen molar-refractivity contribution in [3.8, 4) is 0 Å². The van der Waals surface area contributed by atoms with Gasteiger partial charge in [-0.1, -0.05) is 38.8 Å². The fraction of sp³-hybridized carbons (Fsp3) is 0.533. The fourth-order valence-electron chi connectivity index (χ4n) is 2.68. The molecule has 1 aliphatic rings. The predicted molar refractivity (Wildman–Crippen MR) is 81.7 cm³/mol. The van der Waals surface area contributed by atoms with E-state index in [9.17, 15) is 4.39 Å². The van der Waals surface area contributed by atoms with Crippen LogP contribution >= 0.6 is 12.2 Å². The molecule has 2 N–H and O–H groups in total. The molecule has 1 aliphatic carbocycles. The number of thiocarbonyl (C=S) groups is 1. The van der Waals surface area contributed by atoms with Crippen molar-refractivity contribution < 1.29 is 4.39 Å². The van der Waals surface area contributed by atoms with Crippen LogP contribution in [0.1, 0.15) is 33.1 Å². The number of benzene rings is 1. The molecule has 0 heterocycles. The number of hydrogen-bond acceptors (Lipinski definition) is 1. The quantitative estimate of drug-likeness (QED) is 0.803. The molecule has 2 nitrogen and oxygen atoms in total. The van der Waals surface area contributed by atoms with Gasteiger partial charge in [0.05, 0.1) is 5.69 Å². The number of rotatable bonds is 2. The molecular formula is C15H21FN2S. The highest BCUT2D eigenvalue weighted by atomic mass is 32.1. The van der Waals surface area contributed by atoms with Gasteiger partial charge < -0.3 is 10.6 Å². The van der Waals surface area contributed by atoms with E-state index in [1.54, 1.807) is 18.2 Å². The second kappa shape index (κ2) is 6.33. The molecule has 3 atom stereocenters. The van der Waals surface area contributed by atoms with Gasteiger partial charge in [-0.15, -0.1) is 0 Å². The fourth-order valence-corrected chi connectivity index (χ4v) is 2.94. The van der Waals surface area contributed by atoms with Crippen molar-refractivity contribution in [2.75, 3.05) is 5.32 Å². The molecule has 0 aromatic heterocycles. The Morgan fingerprint density at radius 2 is 2.00 bits per heavy atom. The van der Waals surface area contributed by atoms with Crippen LogP contribution in [0.15, 0.2) is 24.3 Å². The molecule has 0 saturated heterocycles. The monoisotopic (exact) mass is 280 g/mol. The third kappa shape index (κ3) is 3.66. The molecule has 0 spiro atoms. The van der Waals surface area contributed by atoms with Gasteiger partial charge in [-0.2, -0.15) is 0 Å². The van der Waals surface area contributed by atoms with E-state index in [-0.39, 0.29) is 5.82 Å². The van der Waals surface area contributed by atoms with Crippen molar-refractivity contribution in [3.05, 3.63) is 30.1 Å². The number of anilines is 1. The molecule has 104 valence electrons. The van der Waals surface area contributed by atoms with Gasteiger partial charge in [-0.3, -0.25) is 0 Å². The van der Waals surface area contributed by atoms with Crippen LogP contribution in [-0.4, -0.2) is 11.2 Å². The lowest BCUT2D eigenvalue weighted by Gasteiger charge is -2.35. The Bertz CT molecular complexity index is 450. The normalized spacial score (nSPS) is 26.8. The molecule has 1 saturated carbocycles. The summed E-state index contributed by atoms with van der Waals surface area (Å²) in [6.45, 7) is 4.54. The van der Waals surface area contributed by atoms with Crippen LogP contribution in [0.3, 0.4) is 0 Å². The highest BCUT2D eigenvalue weighted by Crippen LogP contribution is 2.29. The Morgan fingerprint density at radius 1 is 1.26 bits per heavy atom. The second-order valence-corrected chi connectivity index (χ2v) is 5.86. The van der Waals surface area contributed by atoms with E-state index < -0.39 is 0 Å². The van der Waals surface area contributed by atoms with E-state index in [4.69, 9.17) is 12.2 Å². The molecule has 1 aromatic rings. The van der Waals surface area contributed by atoms with Crippen LogP contribution in [-0.2, 0) is 0 Å². The summed E-state index contributed by atoms with van der Waals surface area (Å²) in [7, 11) is 0. The Balaban J connectivity index is 1.93. The summed E-state index contributed by atoms with van der Waals surface area (Å²) >= 11 is 5.28. The van der Waals surface area contributed by atoms with Crippen LogP contribution < -0.4 is 10.6 Å². The van der Waals surface area contributed by atoms with Crippen LogP contribution in [0.2, 0.25) is 0 Å². The molecular weight excluding hydrogens is 259 g/mol. The molecule has 0 unspecified atom stereocenters. The average molecular weight is 280 g/mol. The number of hydrogen-bond donors (Lipinski definition) is 2. The summed E-state index contributed by atoms with van der Waals surface area (Å²) in [5.41, 5.74) is 0.427. The Labute approximate surface area is 119 Å². The Hall–Kier alpha value is -1.16. The minimum Gasteiger partial charge on any atom is -0.359 e. The number of halogens is 1. The summed E-state index contributed by atoms with van der Waals surface area (Å²) in [6.07, 6.45) is 3.64. The minimum atomic E-state index is -0.281. The topological polar surface area (TPSA) is 24.1 Å². The highest BCUT2D eigenvalue weighted by Gasteiger charge is 2.27. The summed E-state index contributed by atoms with van der Waals surface area (Å²) < 4.78 is 13.5. The molecule has 2 rings (SSSR count). The van der Waals surface area contributed by atoms with Crippen molar-refractivity contribution in [1.29, 1.82) is 0 Å². The number of para-hydroxylation sites is 1. The lowest BCUT2D eigenvalue weighted by molar-refractivity contribution is 0.225. The molecule has 0 radical (unpaired) electrons. The van der Waals surface area contributed by atoms with E-state index in [0.29, 0.717) is 28.7 Å². The zero-order chi connectivity index (χ0) is 13.8.